The van der Waals surface area contributed by atoms with Gasteiger partial charge in [0.25, 0.3) is 0 Å². The number of piperidine rings is 1. The minimum Gasteiger partial charge on any atom is -0.465 e. The van der Waals surface area contributed by atoms with Crippen molar-refractivity contribution in [2.45, 2.75) is 48.8 Å². The van der Waals surface area contributed by atoms with Crippen LogP contribution in [-0.4, -0.2) is 73.1 Å². The molecule has 2 unspecified atom stereocenters. The minimum absolute atomic E-state index is 0.254. The molecule has 2 bridgehead atoms. The molecule has 3 aliphatic heterocycles. The molecule has 2 aromatic rings. The van der Waals surface area contributed by atoms with Crippen LogP contribution in [0.5, 0.6) is 0 Å². The van der Waals surface area contributed by atoms with Crippen LogP contribution in [0.1, 0.15) is 32.3 Å². The number of thiophene rings is 2. The second-order valence-corrected chi connectivity index (χ2v) is 10.7. The van der Waals surface area contributed by atoms with Crippen molar-refractivity contribution in [3.63, 3.8) is 0 Å². The number of aliphatic hydroxyl groups is 1. The van der Waals surface area contributed by atoms with Crippen LogP contribution in [0.2, 0.25) is 0 Å². The van der Waals surface area contributed by atoms with Gasteiger partial charge in [-0.05, 0) is 23.6 Å². The van der Waals surface area contributed by atoms with Crippen LogP contribution in [0.3, 0.4) is 0 Å². The number of hydrogen-bond acceptors (Lipinski definition) is 8. The number of ether oxygens (including phenoxy) is 3. The third-order valence-corrected chi connectivity index (χ3v) is 8.99. The summed E-state index contributed by atoms with van der Waals surface area (Å²) in [6.07, 6.45) is 1.68. The number of nitrogens with zero attached hydrogens (tertiary/aromatic N) is 1. The molecule has 3 fully saturated rings. The first-order valence-electron chi connectivity index (χ1n) is 9.91. The minimum atomic E-state index is -1.95. The molecule has 0 saturated carbocycles. The van der Waals surface area contributed by atoms with E-state index in [1.807, 2.05) is 0 Å². The predicted octanol–water partition coefficient (Wildman–Crippen LogP) is 2.13. The van der Waals surface area contributed by atoms with Gasteiger partial charge in [-0.2, -0.15) is 0 Å². The van der Waals surface area contributed by atoms with Gasteiger partial charge in [0.15, 0.2) is 0 Å². The van der Waals surface area contributed by atoms with Gasteiger partial charge in [0.1, 0.15) is 35.3 Å². The zero-order valence-corrected chi connectivity index (χ0v) is 18.6. The second-order valence-electron chi connectivity index (χ2n) is 8.67. The van der Waals surface area contributed by atoms with Crippen LogP contribution in [0.15, 0.2) is 29.6 Å². The van der Waals surface area contributed by atoms with Gasteiger partial charge in [0, 0.05) is 12.8 Å². The standard InChI is InChI=1S/C21H24NO6S2/c1-22(2)12-9-11(10-13(22)18-17(12)28-18)27-20(24)21(25,15-5-4-8-29-15)16-7-6-14(30-16)19(23)26-3/h4-8,11-13,17-18,25H,9-10H2,1-3H3/q+1/t11?,12-,13+,17-,18+,21?. The van der Waals surface area contributed by atoms with Crippen molar-refractivity contribution in [1.82, 2.24) is 0 Å². The van der Waals surface area contributed by atoms with Crippen LogP contribution in [0.4, 0.5) is 0 Å². The molecule has 0 spiro atoms. The lowest BCUT2D eigenvalue weighted by molar-refractivity contribution is -0.938. The zero-order valence-electron chi connectivity index (χ0n) is 16.9. The van der Waals surface area contributed by atoms with Gasteiger partial charge >= 0.3 is 11.9 Å². The highest BCUT2D eigenvalue weighted by Crippen LogP contribution is 2.52. The molecule has 3 saturated heterocycles. The van der Waals surface area contributed by atoms with Gasteiger partial charge in [0.2, 0.25) is 5.60 Å². The van der Waals surface area contributed by atoms with E-state index in [0.717, 1.165) is 28.7 Å². The number of morpholine rings is 1. The Bertz CT molecular complexity index is 966. The molecule has 3 aliphatic rings. The average Bonchev–Trinajstić information content (AvgIpc) is 3.07. The van der Waals surface area contributed by atoms with Crippen molar-refractivity contribution in [1.29, 1.82) is 0 Å². The van der Waals surface area contributed by atoms with Crippen LogP contribution >= 0.6 is 22.7 Å². The first kappa shape index (κ1) is 20.1. The quantitative estimate of drug-likeness (QED) is 0.427. The van der Waals surface area contributed by atoms with Gasteiger partial charge in [-0.15, -0.1) is 22.7 Å². The van der Waals surface area contributed by atoms with E-state index in [4.69, 9.17) is 14.2 Å². The number of methoxy groups -OCH3 is 1. The smallest absolute Gasteiger partial charge is 0.349 e. The van der Waals surface area contributed by atoms with Crippen molar-refractivity contribution in [3.05, 3.63) is 44.3 Å². The maximum absolute atomic E-state index is 13.4. The number of fused-ring (bicyclic) bond motifs is 5. The summed E-state index contributed by atoms with van der Waals surface area (Å²) >= 11 is 2.32. The molecule has 160 valence electrons. The Morgan fingerprint density at radius 2 is 1.87 bits per heavy atom. The highest BCUT2D eigenvalue weighted by Gasteiger charge is 2.71. The number of rotatable bonds is 5. The Morgan fingerprint density at radius 3 is 2.47 bits per heavy atom. The van der Waals surface area contributed by atoms with E-state index < -0.39 is 17.5 Å². The van der Waals surface area contributed by atoms with E-state index >= 15 is 0 Å². The lowest BCUT2D eigenvalue weighted by Crippen LogP contribution is -2.60. The molecule has 1 N–H and O–H groups in total. The summed E-state index contributed by atoms with van der Waals surface area (Å²) in [4.78, 5) is 26.4. The highest BCUT2D eigenvalue weighted by atomic mass is 32.1. The Hall–Kier alpha value is -1.78. The molecule has 0 radical (unpaired) electrons. The van der Waals surface area contributed by atoms with Gasteiger partial charge in [-0.1, -0.05) is 6.07 Å². The normalized spacial score (nSPS) is 32.7. The van der Waals surface area contributed by atoms with Crippen LogP contribution in [-0.2, 0) is 24.6 Å². The lowest BCUT2D eigenvalue weighted by Gasteiger charge is -2.45. The Balaban J connectivity index is 1.41. The molecule has 0 aromatic carbocycles. The summed E-state index contributed by atoms with van der Waals surface area (Å²) in [6.45, 7) is 0. The Morgan fingerprint density at radius 1 is 1.17 bits per heavy atom. The molecule has 2 aromatic heterocycles. The van der Waals surface area contributed by atoms with E-state index in [1.54, 1.807) is 29.6 Å². The zero-order chi connectivity index (χ0) is 21.3. The number of hydrogen-bond donors (Lipinski definition) is 1. The SMILES string of the molecule is COC(=O)c1ccc(C(O)(C(=O)OC2C[C@@H]3[C@H]4O[C@H]4[C@H](C2)[N+]3(C)C)c2cccs2)s1. The molecular formula is C21H24NO6S2+. The number of carbonyl (C=O) groups excluding carboxylic acids is 2. The van der Waals surface area contributed by atoms with Gasteiger partial charge in [-0.3, -0.25) is 0 Å². The topological polar surface area (TPSA) is 85.4 Å². The summed E-state index contributed by atoms with van der Waals surface area (Å²) in [5.41, 5.74) is -1.95. The van der Waals surface area contributed by atoms with E-state index in [0.29, 0.717) is 26.7 Å². The first-order valence-corrected chi connectivity index (χ1v) is 11.6. The fourth-order valence-electron chi connectivity index (χ4n) is 5.09. The molecule has 0 aliphatic carbocycles. The van der Waals surface area contributed by atoms with Crippen molar-refractivity contribution >= 4 is 34.6 Å². The van der Waals surface area contributed by atoms with E-state index in [2.05, 4.69) is 14.1 Å². The van der Waals surface area contributed by atoms with Crippen molar-refractivity contribution < 1.29 is 33.4 Å². The summed E-state index contributed by atoms with van der Waals surface area (Å²) in [5, 5.41) is 13.4. The summed E-state index contributed by atoms with van der Waals surface area (Å²) in [5.74, 6) is -1.20. The summed E-state index contributed by atoms with van der Waals surface area (Å²) in [7, 11) is 5.73. The number of carbonyl (C=O) groups is 2. The fraction of sp³-hybridized carbons (Fsp3) is 0.524. The molecule has 30 heavy (non-hydrogen) atoms. The summed E-state index contributed by atoms with van der Waals surface area (Å²) < 4.78 is 17.4. The third-order valence-electron chi connectivity index (χ3n) is 6.83. The maximum atomic E-state index is 13.4. The van der Waals surface area contributed by atoms with E-state index in [1.165, 1.54) is 18.4 Å². The Kier molecular flexibility index (Phi) is 4.61. The van der Waals surface area contributed by atoms with Crippen molar-refractivity contribution in [2.75, 3.05) is 21.2 Å². The maximum Gasteiger partial charge on any atom is 0.349 e. The van der Waals surface area contributed by atoms with Crippen LogP contribution in [0, 0.1) is 0 Å². The molecular weight excluding hydrogens is 426 g/mol. The van der Waals surface area contributed by atoms with Crippen LogP contribution < -0.4 is 0 Å². The largest absolute Gasteiger partial charge is 0.465 e. The van der Waals surface area contributed by atoms with Crippen molar-refractivity contribution in [3.8, 4) is 0 Å². The summed E-state index contributed by atoms with van der Waals surface area (Å²) in [6, 6.07) is 7.23. The average molecular weight is 451 g/mol. The molecule has 5 rings (SSSR count). The Labute approximate surface area is 182 Å². The molecule has 7 nitrogen and oxygen atoms in total. The fourth-order valence-corrected chi connectivity index (χ4v) is 6.99. The second kappa shape index (κ2) is 6.86. The first-order chi connectivity index (χ1) is 14.3. The van der Waals surface area contributed by atoms with Gasteiger partial charge in [-0.25, -0.2) is 9.59 Å². The van der Waals surface area contributed by atoms with Gasteiger partial charge < -0.3 is 23.8 Å². The van der Waals surface area contributed by atoms with Crippen molar-refractivity contribution in [2.24, 2.45) is 0 Å². The molecule has 0 amide bonds. The van der Waals surface area contributed by atoms with E-state index in [-0.39, 0.29) is 18.3 Å². The third kappa shape index (κ3) is 2.87. The molecule has 5 heterocycles. The monoisotopic (exact) mass is 450 g/mol. The number of esters is 2. The van der Waals surface area contributed by atoms with Crippen LogP contribution in [0.25, 0.3) is 0 Å². The predicted molar refractivity (Wildman–Crippen MR) is 110 cm³/mol. The molecule has 9 heteroatoms. The highest BCUT2D eigenvalue weighted by molar-refractivity contribution is 7.14. The van der Waals surface area contributed by atoms with E-state index in [9.17, 15) is 14.7 Å². The number of likely N-dealkylation sites (N-methyl/N-ethyl adjacent to an activating group) is 1. The molecule has 6 atom stereocenters. The number of epoxide rings is 1. The lowest BCUT2D eigenvalue weighted by atomic mass is 9.95. The number of quaternary nitrogens is 1. The van der Waals surface area contributed by atoms with Gasteiger partial charge in [0.05, 0.1) is 31.0 Å².